The monoisotopic (exact) mass is 417 g/mol. The molecule has 0 bridgehead atoms. The highest BCUT2D eigenvalue weighted by molar-refractivity contribution is 5.75. The highest BCUT2D eigenvalue weighted by Gasteiger charge is 2.45. The van der Waals surface area contributed by atoms with Crippen LogP contribution in [0.25, 0.3) is 0 Å². The molecule has 10 heteroatoms. The van der Waals surface area contributed by atoms with Crippen molar-refractivity contribution in [3.63, 3.8) is 0 Å². The summed E-state index contributed by atoms with van der Waals surface area (Å²) in [4.78, 5) is 33.8. The van der Waals surface area contributed by atoms with Gasteiger partial charge in [0.15, 0.2) is 5.82 Å². The van der Waals surface area contributed by atoms with Gasteiger partial charge < -0.3 is 10.1 Å². The average molecular weight is 417 g/mol. The molecule has 1 amide bonds. The van der Waals surface area contributed by atoms with Gasteiger partial charge in [-0.1, -0.05) is 12.1 Å². The van der Waals surface area contributed by atoms with Crippen LogP contribution in [-0.2, 0) is 16.8 Å². The zero-order valence-electron chi connectivity index (χ0n) is 18.0. The van der Waals surface area contributed by atoms with Crippen molar-refractivity contribution in [2.75, 3.05) is 12.4 Å². The molecule has 2 N–H and O–H groups in total. The van der Waals surface area contributed by atoms with Crippen LogP contribution in [0.5, 0.6) is 0 Å². The van der Waals surface area contributed by atoms with E-state index < -0.39 is 16.1 Å². The average Bonchev–Trinajstić information content (AvgIpc) is 3.19. The van der Waals surface area contributed by atoms with Gasteiger partial charge in [0.25, 0.3) is 5.69 Å². The summed E-state index contributed by atoms with van der Waals surface area (Å²) in [5.74, 6) is 0.786. The fraction of sp³-hybridized carbons (Fsp3) is 0.450. The first-order valence-corrected chi connectivity index (χ1v) is 9.36. The second-order valence-electron chi connectivity index (χ2n) is 8.27. The van der Waals surface area contributed by atoms with Gasteiger partial charge in [0.05, 0.1) is 22.7 Å². The third-order valence-corrected chi connectivity index (χ3v) is 4.54. The van der Waals surface area contributed by atoms with Crippen LogP contribution in [0.2, 0.25) is 0 Å². The van der Waals surface area contributed by atoms with Crippen molar-refractivity contribution in [1.29, 1.82) is 0 Å². The summed E-state index contributed by atoms with van der Waals surface area (Å²) in [6.07, 6.45) is 0.275. The summed E-state index contributed by atoms with van der Waals surface area (Å²) in [6.45, 7) is 10.1. The Morgan fingerprint density at radius 2 is 2.07 bits per heavy atom. The fourth-order valence-corrected chi connectivity index (χ4v) is 3.04. The Labute approximate surface area is 174 Å². The number of aromatic amines is 1. The largest absolute Gasteiger partial charge is 0.444 e. The second kappa shape index (κ2) is 8.52. The smallest absolute Gasteiger partial charge is 0.411 e. The van der Waals surface area contributed by atoms with Crippen molar-refractivity contribution in [2.24, 2.45) is 0 Å². The molecule has 10 nitrogen and oxygen atoms in total. The number of rotatable bonds is 3. The van der Waals surface area contributed by atoms with Crippen LogP contribution in [0, 0.1) is 10.1 Å². The number of ether oxygens (including phenoxy) is 1. The third-order valence-electron chi connectivity index (χ3n) is 4.54. The Balaban J connectivity index is 0.000000248. The molecule has 0 atom stereocenters. The molecule has 0 fully saturated rings. The minimum Gasteiger partial charge on any atom is -0.444 e. The number of nitrogens with zero attached hydrogens (tertiary/aromatic N) is 3. The van der Waals surface area contributed by atoms with E-state index in [9.17, 15) is 19.7 Å². The molecule has 162 valence electrons. The maximum atomic E-state index is 12.3. The summed E-state index contributed by atoms with van der Waals surface area (Å²) < 4.78 is 5.46. The van der Waals surface area contributed by atoms with Gasteiger partial charge in [0.1, 0.15) is 11.9 Å². The highest BCUT2D eigenvalue weighted by atomic mass is 16.6. The molecule has 3 rings (SSSR count). The van der Waals surface area contributed by atoms with E-state index >= 15 is 0 Å². The standard InChI is InChI=1S/C13H22N4O2.C7H5NO3/c1-12(2,3)19-11(18)17-7-8-9(13(17,4)5)15-16-10(8)14-6;9-5-6-2-1-3-7(4-6)8(10)11/h7H2,1-6H3,(H2,14,15,16);1-5H. The van der Waals surface area contributed by atoms with Gasteiger partial charge in [-0.25, -0.2) is 4.79 Å². The number of nitro groups is 1. The first-order valence-electron chi connectivity index (χ1n) is 9.36. The molecular formula is C20H27N5O5. The number of fused-ring (bicyclic) bond motifs is 1. The van der Waals surface area contributed by atoms with E-state index in [0.717, 1.165) is 17.1 Å². The summed E-state index contributed by atoms with van der Waals surface area (Å²) in [7, 11) is 1.82. The molecule has 0 aliphatic carbocycles. The Morgan fingerprint density at radius 1 is 1.40 bits per heavy atom. The predicted octanol–water partition coefficient (Wildman–Crippen LogP) is 3.84. The van der Waals surface area contributed by atoms with E-state index in [1.807, 2.05) is 41.7 Å². The number of hydrogen-bond acceptors (Lipinski definition) is 7. The first kappa shape index (κ1) is 22.9. The molecule has 2 aromatic rings. The number of carbonyl (C=O) groups is 2. The maximum Gasteiger partial charge on any atom is 0.411 e. The second-order valence-corrected chi connectivity index (χ2v) is 8.27. The maximum absolute atomic E-state index is 12.3. The van der Waals surface area contributed by atoms with Gasteiger partial charge in [-0.05, 0) is 34.6 Å². The summed E-state index contributed by atoms with van der Waals surface area (Å²) >= 11 is 0. The van der Waals surface area contributed by atoms with E-state index in [0.29, 0.717) is 18.4 Å². The summed E-state index contributed by atoms with van der Waals surface area (Å²) in [6, 6.07) is 5.56. The molecule has 0 spiro atoms. The van der Waals surface area contributed by atoms with E-state index in [2.05, 4.69) is 15.5 Å². The normalized spacial score (nSPS) is 14.3. The zero-order valence-corrected chi connectivity index (χ0v) is 18.0. The number of aldehydes is 1. The first-order chi connectivity index (χ1) is 13.9. The molecule has 2 heterocycles. The van der Waals surface area contributed by atoms with Crippen LogP contribution in [0.3, 0.4) is 0 Å². The lowest BCUT2D eigenvalue weighted by molar-refractivity contribution is -0.384. The van der Waals surface area contributed by atoms with Crippen LogP contribution in [-0.4, -0.2) is 45.0 Å². The van der Waals surface area contributed by atoms with E-state index in [4.69, 9.17) is 4.74 Å². The number of benzene rings is 1. The van der Waals surface area contributed by atoms with Crippen molar-refractivity contribution in [3.8, 4) is 0 Å². The van der Waals surface area contributed by atoms with Crippen molar-refractivity contribution in [1.82, 2.24) is 15.1 Å². The minimum atomic E-state index is -0.535. The Morgan fingerprint density at radius 3 is 2.60 bits per heavy atom. The lowest BCUT2D eigenvalue weighted by Crippen LogP contribution is -2.43. The van der Waals surface area contributed by atoms with Gasteiger partial charge in [0.2, 0.25) is 0 Å². The predicted molar refractivity (Wildman–Crippen MR) is 111 cm³/mol. The molecule has 0 saturated heterocycles. The molecule has 30 heavy (non-hydrogen) atoms. The Kier molecular flexibility index (Phi) is 6.49. The van der Waals surface area contributed by atoms with Gasteiger partial charge in [-0.2, -0.15) is 5.10 Å². The molecule has 0 unspecified atom stereocenters. The number of aromatic nitrogens is 2. The van der Waals surface area contributed by atoms with Crippen molar-refractivity contribution >= 4 is 23.9 Å². The highest BCUT2D eigenvalue weighted by Crippen LogP contribution is 2.40. The van der Waals surface area contributed by atoms with Gasteiger partial charge in [-0.15, -0.1) is 0 Å². The van der Waals surface area contributed by atoms with E-state index in [1.165, 1.54) is 24.3 Å². The van der Waals surface area contributed by atoms with Crippen molar-refractivity contribution in [3.05, 3.63) is 51.2 Å². The summed E-state index contributed by atoms with van der Waals surface area (Å²) in [5.41, 5.74) is 1.31. The number of anilines is 1. The topological polar surface area (TPSA) is 130 Å². The number of hydrogen-bond donors (Lipinski definition) is 2. The number of nitro benzene ring substituents is 1. The van der Waals surface area contributed by atoms with Gasteiger partial charge in [0, 0.05) is 30.3 Å². The lowest BCUT2D eigenvalue weighted by Gasteiger charge is -2.33. The Hall–Kier alpha value is -3.43. The molecule has 0 radical (unpaired) electrons. The van der Waals surface area contributed by atoms with Crippen LogP contribution in [0.15, 0.2) is 24.3 Å². The minimum absolute atomic E-state index is 0.0606. The van der Waals surface area contributed by atoms with Gasteiger partial charge >= 0.3 is 6.09 Å². The number of nitrogens with one attached hydrogen (secondary N) is 2. The SMILES string of the molecule is CNc1n[nH]c2c1CN(C(=O)OC(C)(C)C)C2(C)C.O=Cc1cccc([N+](=O)[O-])c1. The summed E-state index contributed by atoms with van der Waals surface area (Å²) in [5, 5.41) is 20.4. The van der Waals surface area contributed by atoms with E-state index in [-0.39, 0.29) is 11.8 Å². The van der Waals surface area contributed by atoms with Crippen LogP contribution in [0.4, 0.5) is 16.3 Å². The molecular weight excluding hydrogens is 390 g/mol. The Bertz CT molecular complexity index is 945. The van der Waals surface area contributed by atoms with Crippen LogP contribution >= 0.6 is 0 Å². The van der Waals surface area contributed by atoms with Crippen LogP contribution < -0.4 is 5.32 Å². The van der Waals surface area contributed by atoms with Crippen molar-refractivity contribution in [2.45, 2.75) is 52.3 Å². The number of carbonyl (C=O) groups excluding carboxylic acids is 2. The molecule has 1 aromatic carbocycles. The number of amides is 1. The van der Waals surface area contributed by atoms with Crippen LogP contribution in [0.1, 0.15) is 56.2 Å². The molecule has 1 aliphatic rings. The number of H-pyrrole nitrogens is 1. The molecule has 1 aromatic heterocycles. The van der Waals surface area contributed by atoms with Crippen molar-refractivity contribution < 1.29 is 19.2 Å². The van der Waals surface area contributed by atoms with E-state index in [1.54, 1.807) is 4.90 Å². The lowest BCUT2D eigenvalue weighted by atomic mass is 10.0. The molecule has 0 saturated carbocycles. The van der Waals surface area contributed by atoms with Gasteiger partial charge in [-0.3, -0.25) is 24.9 Å². The third kappa shape index (κ3) is 4.94. The number of non-ortho nitro benzene ring substituents is 1. The quantitative estimate of drug-likeness (QED) is 0.441. The molecule has 1 aliphatic heterocycles. The zero-order chi connectivity index (χ0) is 22.7. The fourth-order valence-electron chi connectivity index (χ4n) is 3.04.